The molecule has 0 spiro atoms. The number of hydrogen-bond donors (Lipinski definition) is 4. The van der Waals surface area contributed by atoms with Crippen LogP contribution in [0.4, 0.5) is 17.3 Å². The summed E-state index contributed by atoms with van der Waals surface area (Å²) in [5.41, 5.74) is 9.45. The molecule has 4 rings (SSSR count). The van der Waals surface area contributed by atoms with Crippen LogP contribution >= 0.6 is 11.6 Å². The second-order valence-corrected chi connectivity index (χ2v) is 7.88. The van der Waals surface area contributed by atoms with Crippen molar-refractivity contribution in [3.8, 4) is 11.3 Å². The van der Waals surface area contributed by atoms with Crippen LogP contribution in [0.3, 0.4) is 0 Å². The van der Waals surface area contributed by atoms with Gasteiger partial charge in [-0.05, 0) is 55.8 Å². The first-order valence-electron chi connectivity index (χ1n) is 10.3. The molecule has 8 nitrogen and oxygen atoms in total. The van der Waals surface area contributed by atoms with E-state index in [0.717, 1.165) is 24.0 Å². The molecule has 1 aliphatic heterocycles. The number of anilines is 3. The second kappa shape index (κ2) is 9.76. The molecule has 5 N–H and O–H groups in total. The maximum absolute atomic E-state index is 12.4. The Kier molecular flexibility index (Phi) is 6.63. The highest BCUT2D eigenvalue weighted by Crippen LogP contribution is 2.34. The number of benzene rings is 2. The zero-order chi connectivity index (χ0) is 22.5. The van der Waals surface area contributed by atoms with E-state index in [0.29, 0.717) is 46.7 Å². The van der Waals surface area contributed by atoms with Crippen LogP contribution < -0.4 is 21.7 Å². The SMILES string of the molecule is NCCCCNC(=O)c1cccc(Nc2ncc3c(n2)-c2ccc(Cl)cc2NC(=O)C3)c1. The summed E-state index contributed by atoms with van der Waals surface area (Å²) in [6.07, 6.45) is 3.52. The minimum atomic E-state index is -0.151. The third kappa shape index (κ3) is 5.04. The second-order valence-electron chi connectivity index (χ2n) is 7.44. The number of amides is 2. The van der Waals surface area contributed by atoms with E-state index >= 15 is 0 Å². The van der Waals surface area contributed by atoms with Gasteiger partial charge in [-0.1, -0.05) is 17.7 Å². The van der Waals surface area contributed by atoms with Crippen LogP contribution in [0.15, 0.2) is 48.7 Å². The molecule has 0 unspecified atom stereocenters. The number of fused-ring (bicyclic) bond motifs is 3. The molecule has 2 aromatic carbocycles. The molecule has 164 valence electrons. The predicted molar refractivity (Wildman–Crippen MR) is 125 cm³/mol. The summed E-state index contributed by atoms with van der Waals surface area (Å²) >= 11 is 6.10. The number of aromatic nitrogens is 2. The van der Waals surface area contributed by atoms with Gasteiger partial charge in [0.1, 0.15) is 0 Å². The summed E-state index contributed by atoms with van der Waals surface area (Å²) < 4.78 is 0. The fraction of sp³-hybridized carbons (Fsp3) is 0.217. The van der Waals surface area contributed by atoms with E-state index in [9.17, 15) is 9.59 Å². The molecule has 0 saturated heterocycles. The van der Waals surface area contributed by atoms with Crippen molar-refractivity contribution >= 4 is 40.7 Å². The topological polar surface area (TPSA) is 122 Å². The standard InChI is InChI=1S/C23H23ClN6O2/c24-16-6-7-18-19(12-16)29-20(31)11-15-13-27-23(30-21(15)18)28-17-5-3-4-14(10-17)22(32)26-9-2-1-8-25/h3-7,10,12-13H,1-2,8-9,11,25H2,(H,26,32)(H,29,31)(H,27,28,30). The van der Waals surface area contributed by atoms with Crippen molar-refractivity contribution in [2.24, 2.45) is 5.73 Å². The fourth-order valence-electron chi connectivity index (χ4n) is 3.46. The lowest BCUT2D eigenvalue weighted by molar-refractivity contribution is -0.115. The zero-order valence-electron chi connectivity index (χ0n) is 17.3. The monoisotopic (exact) mass is 450 g/mol. The molecule has 1 aromatic heterocycles. The average molecular weight is 451 g/mol. The van der Waals surface area contributed by atoms with E-state index in [-0.39, 0.29) is 18.2 Å². The Hall–Kier alpha value is -3.49. The van der Waals surface area contributed by atoms with Crippen molar-refractivity contribution in [3.05, 3.63) is 64.8 Å². The summed E-state index contributed by atoms with van der Waals surface area (Å²) in [6.45, 7) is 1.19. The summed E-state index contributed by atoms with van der Waals surface area (Å²) in [5.74, 6) is 0.0603. The Morgan fingerprint density at radius 2 is 2.06 bits per heavy atom. The van der Waals surface area contributed by atoms with E-state index in [4.69, 9.17) is 17.3 Å². The van der Waals surface area contributed by atoms with Crippen molar-refractivity contribution in [3.63, 3.8) is 0 Å². The van der Waals surface area contributed by atoms with Gasteiger partial charge in [-0.15, -0.1) is 0 Å². The number of nitrogens with one attached hydrogen (secondary N) is 3. The van der Waals surface area contributed by atoms with Crippen molar-refractivity contribution < 1.29 is 9.59 Å². The number of unbranched alkanes of at least 4 members (excludes halogenated alkanes) is 1. The highest BCUT2D eigenvalue weighted by molar-refractivity contribution is 6.31. The van der Waals surface area contributed by atoms with Crippen molar-refractivity contribution in [2.75, 3.05) is 23.7 Å². The Morgan fingerprint density at radius 1 is 1.19 bits per heavy atom. The van der Waals surface area contributed by atoms with E-state index < -0.39 is 0 Å². The minimum absolute atomic E-state index is 0.149. The first kappa shape index (κ1) is 21.7. The predicted octanol–water partition coefficient (Wildman–Crippen LogP) is 3.50. The quantitative estimate of drug-likeness (QED) is 0.408. The molecule has 9 heteroatoms. The molecule has 0 aliphatic carbocycles. The van der Waals surface area contributed by atoms with Crippen LogP contribution in [0.5, 0.6) is 0 Å². The lowest BCUT2D eigenvalue weighted by Crippen LogP contribution is -2.24. The van der Waals surface area contributed by atoms with Crippen molar-refractivity contribution in [2.45, 2.75) is 19.3 Å². The number of nitrogens with zero attached hydrogens (tertiary/aromatic N) is 2. The molecule has 32 heavy (non-hydrogen) atoms. The smallest absolute Gasteiger partial charge is 0.251 e. The summed E-state index contributed by atoms with van der Waals surface area (Å²) in [5, 5.41) is 9.43. The maximum atomic E-state index is 12.4. The molecule has 2 amide bonds. The highest BCUT2D eigenvalue weighted by atomic mass is 35.5. The lowest BCUT2D eigenvalue weighted by Gasteiger charge is -2.11. The molecule has 3 aromatic rings. The first-order chi connectivity index (χ1) is 15.5. The molecule has 0 bridgehead atoms. The minimum Gasteiger partial charge on any atom is -0.352 e. The molecule has 0 radical (unpaired) electrons. The maximum Gasteiger partial charge on any atom is 0.251 e. The summed E-state index contributed by atoms with van der Waals surface area (Å²) in [6, 6.07) is 12.4. The first-order valence-corrected chi connectivity index (χ1v) is 10.7. The van der Waals surface area contributed by atoms with Gasteiger partial charge in [0.25, 0.3) is 5.91 Å². The summed E-state index contributed by atoms with van der Waals surface area (Å²) in [7, 11) is 0. The molecular weight excluding hydrogens is 428 g/mol. The van der Waals surface area contributed by atoms with Crippen LogP contribution in [0, 0.1) is 0 Å². The third-order valence-electron chi connectivity index (χ3n) is 5.02. The van der Waals surface area contributed by atoms with Gasteiger partial charge in [0.15, 0.2) is 0 Å². The van der Waals surface area contributed by atoms with Crippen LogP contribution in [0.2, 0.25) is 5.02 Å². The van der Waals surface area contributed by atoms with Gasteiger partial charge in [0, 0.05) is 40.1 Å². The number of hydrogen-bond acceptors (Lipinski definition) is 6. The van der Waals surface area contributed by atoms with Crippen LogP contribution in [-0.2, 0) is 11.2 Å². The Bertz CT molecular complexity index is 1170. The highest BCUT2D eigenvalue weighted by Gasteiger charge is 2.21. The van der Waals surface area contributed by atoms with E-state index in [1.54, 1.807) is 36.5 Å². The zero-order valence-corrected chi connectivity index (χ0v) is 18.1. The normalized spacial score (nSPS) is 12.2. The molecule has 1 aliphatic rings. The van der Waals surface area contributed by atoms with Gasteiger partial charge in [0.05, 0.1) is 17.8 Å². The van der Waals surface area contributed by atoms with Crippen molar-refractivity contribution in [1.29, 1.82) is 0 Å². The van der Waals surface area contributed by atoms with Gasteiger partial charge in [-0.2, -0.15) is 0 Å². The largest absolute Gasteiger partial charge is 0.352 e. The van der Waals surface area contributed by atoms with Gasteiger partial charge >= 0.3 is 0 Å². The Morgan fingerprint density at radius 3 is 2.91 bits per heavy atom. The molecule has 0 fully saturated rings. The Labute approximate surface area is 190 Å². The third-order valence-corrected chi connectivity index (χ3v) is 5.26. The Balaban J connectivity index is 1.56. The van der Waals surface area contributed by atoms with E-state index in [1.807, 2.05) is 12.1 Å². The average Bonchev–Trinajstić information content (AvgIpc) is 2.91. The van der Waals surface area contributed by atoms with E-state index in [1.165, 1.54) is 0 Å². The molecule has 0 saturated carbocycles. The number of rotatable bonds is 7. The lowest BCUT2D eigenvalue weighted by atomic mass is 10.1. The van der Waals surface area contributed by atoms with Gasteiger partial charge in [0.2, 0.25) is 11.9 Å². The number of carbonyl (C=O) groups excluding carboxylic acids is 2. The van der Waals surface area contributed by atoms with Crippen LogP contribution in [0.1, 0.15) is 28.8 Å². The number of nitrogens with two attached hydrogens (primary N) is 1. The fourth-order valence-corrected chi connectivity index (χ4v) is 3.64. The van der Waals surface area contributed by atoms with Crippen molar-refractivity contribution in [1.82, 2.24) is 15.3 Å². The van der Waals surface area contributed by atoms with Gasteiger partial charge in [-0.3, -0.25) is 9.59 Å². The van der Waals surface area contributed by atoms with Gasteiger partial charge in [-0.25, -0.2) is 9.97 Å². The van der Waals surface area contributed by atoms with Crippen LogP contribution in [-0.4, -0.2) is 34.9 Å². The molecular formula is C23H23ClN6O2. The summed E-state index contributed by atoms with van der Waals surface area (Å²) in [4.78, 5) is 33.6. The van der Waals surface area contributed by atoms with E-state index in [2.05, 4.69) is 25.9 Å². The number of halogens is 1. The van der Waals surface area contributed by atoms with Crippen LogP contribution in [0.25, 0.3) is 11.3 Å². The molecule has 0 atom stereocenters. The number of carbonyl (C=O) groups is 2. The molecule has 2 heterocycles. The van der Waals surface area contributed by atoms with Gasteiger partial charge < -0.3 is 21.7 Å².